The van der Waals surface area contributed by atoms with Gasteiger partial charge in [0, 0.05) is 0 Å². The van der Waals surface area contributed by atoms with Crippen LogP contribution in [0.4, 0.5) is 0 Å². The molecule has 1 amide bonds. The van der Waals surface area contributed by atoms with Gasteiger partial charge in [0.15, 0.2) is 0 Å². The number of nitrogens with zero attached hydrogens (tertiary/aromatic N) is 1. The van der Waals surface area contributed by atoms with Crippen LogP contribution in [0, 0.1) is 19.3 Å². The van der Waals surface area contributed by atoms with Crippen molar-refractivity contribution in [1.29, 1.82) is 0 Å². The number of aromatic nitrogens is 2. The van der Waals surface area contributed by atoms with Gasteiger partial charge in [0.2, 0.25) is 0 Å². The first-order valence-corrected chi connectivity index (χ1v) is 3.93. The molecular weight excluding hydrogens is 182 g/mol. The molecule has 72 valence electrons. The maximum atomic E-state index is 11.3. The number of rotatable bonds is 2. The van der Waals surface area contributed by atoms with E-state index in [4.69, 9.17) is 6.42 Å². The standard InChI is InChI=1S/C9H9N3O2/c1-3-4-10-8(13)7-5-6(2)11-12-9(7)14/h1,5H,4H2,2H3,(H,10,13)(H,12,14). The van der Waals surface area contributed by atoms with Crippen LogP contribution < -0.4 is 10.9 Å². The van der Waals surface area contributed by atoms with Gasteiger partial charge in [0.05, 0.1) is 12.2 Å². The third-order valence-corrected chi connectivity index (χ3v) is 1.53. The van der Waals surface area contributed by atoms with E-state index in [0.717, 1.165) is 0 Å². The van der Waals surface area contributed by atoms with Crippen molar-refractivity contribution < 1.29 is 4.79 Å². The largest absolute Gasteiger partial charge is 0.341 e. The molecule has 5 heteroatoms. The molecule has 0 saturated carbocycles. The lowest BCUT2D eigenvalue weighted by Crippen LogP contribution is -2.30. The number of amides is 1. The van der Waals surface area contributed by atoms with E-state index in [0.29, 0.717) is 5.69 Å². The predicted molar refractivity (Wildman–Crippen MR) is 50.8 cm³/mol. The zero-order valence-corrected chi connectivity index (χ0v) is 7.63. The van der Waals surface area contributed by atoms with Crippen molar-refractivity contribution in [3.63, 3.8) is 0 Å². The molecular formula is C9H9N3O2. The third kappa shape index (κ3) is 2.20. The van der Waals surface area contributed by atoms with Gasteiger partial charge in [0.25, 0.3) is 11.5 Å². The summed E-state index contributed by atoms with van der Waals surface area (Å²) >= 11 is 0. The van der Waals surface area contributed by atoms with E-state index in [1.54, 1.807) is 6.92 Å². The highest BCUT2D eigenvalue weighted by atomic mass is 16.2. The fourth-order valence-electron chi connectivity index (χ4n) is 0.901. The molecule has 0 unspecified atom stereocenters. The lowest BCUT2D eigenvalue weighted by molar-refractivity contribution is 0.0957. The lowest BCUT2D eigenvalue weighted by Gasteiger charge is -2.00. The van der Waals surface area contributed by atoms with Crippen LogP contribution in [-0.4, -0.2) is 22.6 Å². The average molecular weight is 191 g/mol. The average Bonchev–Trinajstić information content (AvgIpc) is 2.18. The molecule has 0 spiro atoms. The van der Waals surface area contributed by atoms with Crippen molar-refractivity contribution in [2.75, 3.05) is 6.54 Å². The molecule has 1 aromatic rings. The van der Waals surface area contributed by atoms with Crippen LogP contribution in [0.3, 0.4) is 0 Å². The van der Waals surface area contributed by atoms with E-state index < -0.39 is 11.5 Å². The van der Waals surface area contributed by atoms with E-state index in [9.17, 15) is 9.59 Å². The van der Waals surface area contributed by atoms with Crippen molar-refractivity contribution in [2.45, 2.75) is 6.92 Å². The molecule has 0 radical (unpaired) electrons. The number of H-pyrrole nitrogens is 1. The Kier molecular flexibility index (Phi) is 3.02. The zero-order valence-electron chi connectivity index (χ0n) is 7.63. The van der Waals surface area contributed by atoms with Crippen molar-refractivity contribution >= 4 is 5.91 Å². The van der Waals surface area contributed by atoms with E-state index in [-0.39, 0.29) is 12.1 Å². The van der Waals surface area contributed by atoms with Crippen LogP contribution in [-0.2, 0) is 0 Å². The molecule has 14 heavy (non-hydrogen) atoms. The van der Waals surface area contributed by atoms with Crippen LogP contribution in [0.5, 0.6) is 0 Å². The Morgan fingerprint density at radius 3 is 3.14 bits per heavy atom. The zero-order chi connectivity index (χ0) is 10.6. The molecule has 2 N–H and O–H groups in total. The molecule has 0 saturated heterocycles. The van der Waals surface area contributed by atoms with Crippen molar-refractivity contribution in [1.82, 2.24) is 15.5 Å². The third-order valence-electron chi connectivity index (χ3n) is 1.53. The highest BCUT2D eigenvalue weighted by Crippen LogP contribution is 1.92. The Hall–Kier alpha value is -2.09. The number of nitrogens with one attached hydrogen (secondary N) is 2. The smallest absolute Gasteiger partial charge is 0.277 e. The highest BCUT2D eigenvalue weighted by Gasteiger charge is 2.09. The Balaban J connectivity index is 2.96. The fourth-order valence-corrected chi connectivity index (χ4v) is 0.901. The molecule has 0 atom stereocenters. The van der Waals surface area contributed by atoms with Gasteiger partial charge in [-0.05, 0) is 13.0 Å². The summed E-state index contributed by atoms with van der Waals surface area (Å²) in [7, 11) is 0. The van der Waals surface area contributed by atoms with Gasteiger partial charge in [-0.15, -0.1) is 6.42 Å². The second-order valence-corrected chi connectivity index (χ2v) is 2.64. The summed E-state index contributed by atoms with van der Waals surface area (Å²) in [6.45, 7) is 1.77. The van der Waals surface area contributed by atoms with Crippen LogP contribution in [0.25, 0.3) is 0 Å². The number of carbonyl (C=O) groups is 1. The predicted octanol–water partition coefficient (Wildman–Crippen LogP) is -0.559. The molecule has 0 aromatic carbocycles. The minimum absolute atomic E-state index is 0.0211. The number of carbonyl (C=O) groups excluding carboxylic acids is 1. The molecule has 0 aliphatic rings. The van der Waals surface area contributed by atoms with Crippen molar-refractivity contribution in [2.24, 2.45) is 0 Å². The van der Waals surface area contributed by atoms with Crippen LogP contribution in [0.1, 0.15) is 16.1 Å². The van der Waals surface area contributed by atoms with Crippen molar-refractivity contribution in [3.05, 3.63) is 27.7 Å². The summed E-state index contributed by atoms with van der Waals surface area (Å²) in [5.41, 5.74) is 0.0633. The first-order valence-electron chi connectivity index (χ1n) is 3.93. The highest BCUT2D eigenvalue weighted by molar-refractivity contribution is 5.93. The van der Waals surface area contributed by atoms with Gasteiger partial charge in [-0.2, -0.15) is 5.10 Å². The van der Waals surface area contributed by atoms with Crippen LogP contribution in [0.2, 0.25) is 0 Å². The summed E-state index contributed by atoms with van der Waals surface area (Å²) in [5, 5.41) is 8.25. The summed E-state index contributed by atoms with van der Waals surface area (Å²) in [5.74, 6) is 1.75. The SMILES string of the molecule is C#CCNC(=O)c1cc(C)n[nH]c1=O. The number of hydrogen-bond acceptors (Lipinski definition) is 3. The molecule has 1 aromatic heterocycles. The molecule has 0 aliphatic carbocycles. The van der Waals surface area contributed by atoms with Gasteiger partial charge in [-0.1, -0.05) is 5.92 Å². The second kappa shape index (κ2) is 4.23. The van der Waals surface area contributed by atoms with Crippen LogP contribution in [0.15, 0.2) is 10.9 Å². The quantitative estimate of drug-likeness (QED) is 0.615. The van der Waals surface area contributed by atoms with E-state index in [2.05, 4.69) is 21.4 Å². The number of aromatic amines is 1. The number of hydrogen-bond donors (Lipinski definition) is 2. The number of aryl methyl sites for hydroxylation is 1. The van der Waals surface area contributed by atoms with Crippen molar-refractivity contribution in [3.8, 4) is 12.3 Å². The minimum Gasteiger partial charge on any atom is -0.341 e. The van der Waals surface area contributed by atoms with E-state index in [1.807, 2.05) is 0 Å². The van der Waals surface area contributed by atoms with Crippen LogP contribution >= 0.6 is 0 Å². The molecule has 1 heterocycles. The maximum Gasteiger partial charge on any atom is 0.277 e. The van der Waals surface area contributed by atoms with Gasteiger partial charge < -0.3 is 5.32 Å². The summed E-state index contributed by atoms with van der Waals surface area (Å²) in [4.78, 5) is 22.5. The minimum atomic E-state index is -0.523. The Morgan fingerprint density at radius 2 is 2.50 bits per heavy atom. The van der Waals surface area contributed by atoms with Gasteiger partial charge in [0.1, 0.15) is 5.56 Å². The van der Waals surface area contributed by atoms with E-state index >= 15 is 0 Å². The summed E-state index contributed by atoms with van der Waals surface area (Å²) in [6.07, 6.45) is 4.96. The Morgan fingerprint density at radius 1 is 1.79 bits per heavy atom. The normalized spacial score (nSPS) is 9.14. The lowest BCUT2D eigenvalue weighted by atomic mass is 10.2. The van der Waals surface area contributed by atoms with Gasteiger partial charge >= 0.3 is 0 Å². The molecule has 5 nitrogen and oxygen atoms in total. The molecule has 0 bridgehead atoms. The molecule has 1 rings (SSSR count). The van der Waals surface area contributed by atoms with Gasteiger partial charge in [-0.25, -0.2) is 5.10 Å². The summed E-state index contributed by atoms with van der Waals surface area (Å²) in [6, 6.07) is 1.41. The first kappa shape index (κ1) is 9.99. The molecule has 0 aliphatic heterocycles. The van der Waals surface area contributed by atoms with Gasteiger partial charge in [-0.3, -0.25) is 9.59 Å². The second-order valence-electron chi connectivity index (χ2n) is 2.64. The fraction of sp³-hybridized carbons (Fsp3) is 0.222. The number of terminal acetylenes is 1. The molecule has 0 fully saturated rings. The van der Waals surface area contributed by atoms with E-state index in [1.165, 1.54) is 6.07 Å². The summed E-state index contributed by atoms with van der Waals surface area (Å²) < 4.78 is 0. The monoisotopic (exact) mass is 191 g/mol. The Labute approximate surface area is 80.5 Å². The first-order chi connectivity index (χ1) is 6.65. The topological polar surface area (TPSA) is 74.8 Å². The maximum absolute atomic E-state index is 11.3. The Bertz CT molecular complexity index is 442.